The first kappa shape index (κ1) is 21.9. The van der Waals surface area contributed by atoms with Gasteiger partial charge in [0.15, 0.2) is 0 Å². The lowest BCUT2D eigenvalue weighted by molar-refractivity contribution is -0.111. The highest BCUT2D eigenvalue weighted by Gasteiger charge is 2.16. The van der Waals surface area contributed by atoms with Crippen LogP contribution < -0.4 is 10.1 Å². The van der Waals surface area contributed by atoms with E-state index < -0.39 is 0 Å². The van der Waals surface area contributed by atoms with E-state index in [2.05, 4.69) is 10.3 Å². The minimum absolute atomic E-state index is 0.283. The summed E-state index contributed by atoms with van der Waals surface area (Å²) in [6.45, 7) is 3.78. The third-order valence-corrected chi connectivity index (χ3v) is 5.60. The van der Waals surface area contributed by atoms with Gasteiger partial charge >= 0.3 is 0 Å². The SMILES string of the molecule is COc1cc2occ(-c3ccc(Cl)cc3Cl)c2cc1/C(C)=C/C(=O)Nc1ccc(C)cn1. The maximum atomic E-state index is 12.5. The van der Waals surface area contributed by atoms with Gasteiger partial charge in [-0.3, -0.25) is 4.79 Å². The van der Waals surface area contributed by atoms with Gasteiger partial charge in [-0.1, -0.05) is 35.3 Å². The van der Waals surface area contributed by atoms with Crippen LogP contribution in [0.3, 0.4) is 0 Å². The number of carbonyl (C=O) groups excluding carboxylic acids is 1. The fourth-order valence-corrected chi connectivity index (χ4v) is 3.94. The molecule has 0 fully saturated rings. The number of ether oxygens (including phenoxy) is 1. The van der Waals surface area contributed by atoms with Crippen LogP contribution in [0.5, 0.6) is 5.75 Å². The van der Waals surface area contributed by atoms with Gasteiger partial charge in [-0.25, -0.2) is 4.98 Å². The number of aryl methyl sites for hydroxylation is 1. The molecule has 162 valence electrons. The second kappa shape index (κ2) is 9.07. The molecule has 5 nitrogen and oxygen atoms in total. The summed E-state index contributed by atoms with van der Waals surface area (Å²) in [6, 6.07) is 12.7. The summed E-state index contributed by atoms with van der Waals surface area (Å²) < 4.78 is 11.3. The molecule has 0 unspecified atom stereocenters. The summed E-state index contributed by atoms with van der Waals surface area (Å²) >= 11 is 12.5. The number of hydrogen-bond donors (Lipinski definition) is 1. The Kier molecular flexibility index (Phi) is 6.21. The van der Waals surface area contributed by atoms with Crippen LogP contribution in [0, 0.1) is 6.92 Å². The third kappa shape index (κ3) is 4.49. The smallest absolute Gasteiger partial charge is 0.249 e. The Morgan fingerprint density at radius 1 is 1.12 bits per heavy atom. The number of rotatable bonds is 5. The number of nitrogens with one attached hydrogen (secondary N) is 1. The molecule has 0 aliphatic rings. The van der Waals surface area contributed by atoms with Crippen LogP contribution in [0.4, 0.5) is 5.82 Å². The molecule has 1 N–H and O–H groups in total. The summed E-state index contributed by atoms with van der Waals surface area (Å²) in [5.74, 6) is 0.798. The Morgan fingerprint density at radius 2 is 1.94 bits per heavy atom. The first-order chi connectivity index (χ1) is 15.4. The van der Waals surface area contributed by atoms with Crippen molar-refractivity contribution >= 4 is 51.5 Å². The lowest BCUT2D eigenvalue weighted by Gasteiger charge is -2.10. The van der Waals surface area contributed by atoms with Crippen molar-refractivity contribution in [2.45, 2.75) is 13.8 Å². The molecule has 4 rings (SSSR count). The molecular weight excluding hydrogens is 447 g/mol. The van der Waals surface area contributed by atoms with Crippen LogP contribution in [0.15, 0.2) is 65.4 Å². The van der Waals surface area contributed by atoms with Gasteiger partial charge in [0.25, 0.3) is 0 Å². The molecule has 32 heavy (non-hydrogen) atoms. The number of aromatic nitrogens is 1. The average Bonchev–Trinajstić information content (AvgIpc) is 3.17. The number of anilines is 1. The van der Waals surface area contributed by atoms with Crippen LogP contribution in [-0.2, 0) is 4.79 Å². The highest BCUT2D eigenvalue weighted by Crippen LogP contribution is 2.40. The molecule has 7 heteroatoms. The van der Waals surface area contributed by atoms with Gasteiger partial charge < -0.3 is 14.5 Å². The molecule has 4 aromatic rings. The number of nitrogens with zero attached hydrogens (tertiary/aromatic N) is 1. The van der Waals surface area contributed by atoms with Crippen molar-refractivity contribution in [3.05, 3.63) is 82.2 Å². The molecule has 0 radical (unpaired) electrons. The minimum Gasteiger partial charge on any atom is -0.496 e. The molecule has 2 aromatic carbocycles. The highest BCUT2D eigenvalue weighted by molar-refractivity contribution is 6.36. The third-order valence-electron chi connectivity index (χ3n) is 5.05. The zero-order chi connectivity index (χ0) is 22.8. The first-order valence-corrected chi connectivity index (χ1v) is 10.6. The van der Waals surface area contributed by atoms with E-state index in [1.54, 1.807) is 43.8 Å². The van der Waals surface area contributed by atoms with Gasteiger partial charge in [-0.05, 0) is 49.2 Å². The van der Waals surface area contributed by atoms with Gasteiger partial charge in [0.05, 0.1) is 18.4 Å². The lowest BCUT2D eigenvalue weighted by Crippen LogP contribution is -2.10. The van der Waals surface area contributed by atoms with Crippen LogP contribution in [0.1, 0.15) is 18.1 Å². The largest absolute Gasteiger partial charge is 0.496 e. The molecule has 0 spiro atoms. The van der Waals surface area contributed by atoms with Gasteiger partial charge in [0.2, 0.25) is 5.91 Å². The van der Waals surface area contributed by atoms with E-state index >= 15 is 0 Å². The summed E-state index contributed by atoms with van der Waals surface area (Å²) in [5.41, 5.74) is 4.78. The van der Waals surface area contributed by atoms with E-state index in [-0.39, 0.29) is 5.91 Å². The van der Waals surface area contributed by atoms with Crippen molar-refractivity contribution in [1.82, 2.24) is 4.98 Å². The molecule has 0 saturated heterocycles. The Bertz CT molecular complexity index is 1340. The van der Waals surface area contributed by atoms with Crippen molar-refractivity contribution in [2.24, 2.45) is 0 Å². The minimum atomic E-state index is -0.283. The molecule has 0 aliphatic carbocycles. The highest BCUT2D eigenvalue weighted by atomic mass is 35.5. The maximum absolute atomic E-state index is 12.5. The standard InChI is InChI=1S/C25H20Cl2N2O3/c1-14-4-7-24(28-12-14)29-25(30)8-15(2)18-10-19-20(13-32-23(19)11-22(18)31-3)17-6-5-16(26)9-21(17)27/h4-13H,1-3H3,(H,28,29,30)/b15-8+. The second-order valence-corrected chi connectivity index (χ2v) is 8.20. The van der Waals surface area contributed by atoms with Crippen molar-refractivity contribution < 1.29 is 13.9 Å². The van der Waals surface area contributed by atoms with E-state index in [0.29, 0.717) is 27.2 Å². The van der Waals surface area contributed by atoms with E-state index in [1.807, 2.05) is 32.0 Å². The summed E-state index contributed by atoms with van der Waals surface area (Å²) in [6.07, 6.45) is 4.86. The Morgan fingerprint density at radius 3 is 2.62 bits per heavy atom. The summed E-state index contributed by atoms with van der Waals surface area (Å²) in [5, 5.41) is 4.70. The van der Waals surface area contributed by atoms with Gasteiger partial charge in [-0.15, -0.1) is 0 Å². The van der Waals surface area contributed by atoms with E-state index in [0.717, 1.165) is 33.2 Å². The monoisotopic (exact) mass is 466 g/mol. The molecule has 2 heterocycles. The van der Waals surface area contributed by atoms with Crippen molar-refractivity contribution in [2.75, 3.05) is 12.4 Å². The van der Waals surface area contributed by atoms with Crippen LogP contribution in [0.25, 0.3) is 27.7 Å². The number of carbonyl (C=O) groups is 1. The number of pyridine rings is 1. The Hall–Kier alpha value is -3.28. The predicted octanol–water partition coefficient (Wildman–Crippen LogP) is 7.16. The van der Waals surface area contributed by atoms with E-state index in [1.165, 1.54) is 6.08 Å². The zero-order valence-electron chi connectivity index (χ0n) is 17.7. The summed E-state index contributed by atoms with van der Waals surface area (Å²) in [7, 11) is 1.58. The molecule has 0 saturated carbocycles. The van der Waals surface area contributed by atoms with E-state index in [9.17, 15) is 4.79 Å². The number of benzene rings is 2. The van der Waals surface area contributed by atoms with Crippen LogP contribution >= 0.6 is 23.2 Å². The Labute approximate surface area is 195 Å². The number of hydrogen-bond acceptors (Lipinski definition) is 4. The Balaban J connectivity index is 1.73. The average molecular weight is 467 g/mol. The van der Waals surface area contributed by atoms with Crippen molar-refractivity contribution in [3.63, 3.8) is 0 Å². The molecule has 0 aliphatic heterocycles. The maximum Gasteiger partial charge on any atom is 0.249 e. The number of fused-ring (bicyclic) bond motifs is 1. The predicted molar refractivity (Wildman–Crippen MR) is 129 cm³/mol. The fourth-order valence-electron chi connectivity index (χ4n) is 3.43. The molecular formula is C25H20Cl2N2O3. The molecule has 0 atom stereocenters. The number of furan rings is 1. The van der Waals surface area contributed by atoms with Crippen molar-refractivity contribution in [3.8, 4) is 16.9 Å². The molecule has 2 aromatic heterocycles. The van der Waals surface area contributed by atoms with Crippen molar-refractivity contribution in [1.29, 1.82) is 0 Å². The van der Waals surface area contributed by atoms with Crippen LogP contribution in [0.2, 0.25) is 10.0 Å². The first-order valence-electron chi connectivity index (χ1n) is 9.82. The number of halogens is 2. The van der Waals surface area contributed by atoms with E-state index in [4.69, 9.17) is 32.4 Å². The van der Waals surface area contributed by atoms with Gasteiger partial charge in [0.1, 0.15) is 17.2 Å². The van der Waals surface area contributed by atoms with Gasteiger partial charge in [0, 0.05) is 45.4 Å². The topological polar surface area (TPSA) is 64.4 Å². The summed E-state index contributed by atoms with van der Waals surface area (Å²) in [4.78, 5) is 16.7. The number of amides is 1. The normalized spacial score (nSPS) is 11.6. The van der Waals surface area contributed by atoms with Crippen LogP contribution in [-0.4, -0.2) is 18.0 Å². The number of methoxy groups -OCH3 is 1. The fraction of sp³-hybridized carbons (Fsp3) is 0.120. The number of allylic oxidation sites excluding steroid dienone is 1. The molecule has 0 bridgehead atoms. The molecule has 1 amide bonds. The zero-order valence-corrected chi connectivity index (χ0v) is 19.2. The lowest BCUT2D eigenvalue weighted by atomic mass is 9.99. The quantitative estimate of drug-likeness (QED) is 0.316. The van der Waals surface area contributed by atoms with Gasteiger partial charge in [-0.2, -0.15) is 0 Å². The second-order valence-electron chi connectivity index (χ2n) is 7.36.